The van der Waals surface area contributed by atoms with E-state index in [0.29, 0.717) is 13.0 Å². The molecule has 370 valence electrons. The van der Waals surface area contributed by atoms with Gasteiger partial charge in [0.2, 0.25) is 0 Å². The fourth-order valence-electron chi connectivity index (χ4n) is 6.55. The first kappa shape index (κ1) is 61.8. The molecule has 0 bridgehead atoms. The number of ether oxygens (including phenoxy) is 3. The van der Waals surface area contributed by atoms with Crippen molar-refractivity contribution in [1.29, 1.82) is 0 Å². The molecule has 0 N–H and O–H groups in total. The van der Waals surface area contributed by atoms with Crippen LogP contribution in [0, 0.1) is 0 Å². The van der Waals surface area contributed by atoms with Crippen molar-refractivity contribution in [1.82, 2.24) is 0 Å². The zero-order valence-corrected chi connectivity index (χ0v) is 42.4. The van der Waals surface area contributed by atoms with Crippen molar-refractivity contribution >= 4 is 11.9 Å². The lowest BCUT2D eigenvalue weighted by Crippen LogP contribution is -2.29. The molecular weight excluding hydrogens is 813 g/mol. The number of hydrogen-bond acceptors (Lipinski definition) is 5. The summed E-state index contributed by atoms with van der Waals surface area (Å²) in [6, 6.07) is 0. The smallest absolute Gasteiger partial charge is 0.310 e. The Balaban J connectivity index is 4.54. The zero-order valence-electron chi connectivity index (χ0n) is 42.4. The van der Waals surface area contributed by atoms with Gasteiger partial charge in [-0.05, 0) is 109 Å². The van der Waals surface area contributed by atoms with Gasteiger partial charge in [-0.3, -0.25) is 9.59 Å². The van der Waals surface area contributed by atoms with Crippen LogP contribution < -0.4 is 0 Å². The van der Waals surface area contributed by atoms with Crippen LogP contribution in [0.3, 0.4) is 0 Å². The van der Waals surface area contributed by atoms with Crippen LogP contribution in [-0.4, -0.2) is 37.9 Å². The van der Waals surface area contributed by atoms with Gasteiger partial charge in [-0.25, -0.2) is 0 Å². The molecule has 0 spiro atoms. The summed E-state index contributed by atoms with van der Waals surface area (Å²) < 4.78 is 17.2. The molecule has 5 nitrogen and oxygen atoms in total. The second kappa shape index (κ2) is 55.1. The van der Waals surface area contributed by atoms with Crippen molar-refractivity contribution < 1.29 is 23.8 Å². The van der Waals surface area contributed by atoms with E-state index >= 15 is 0 Å². The molecule has 1 unspecified atom stereocenters. The van der Waals surface area contributed by atoms with Gasteiger partial charge >= 0.3 is 11.9 Å². The number of carbonyl (C=O) groups excluding carboxylic acids is 2. The molecule has 0 aromatic rings. The lowest BCUT2D eigenvalue weighted by atomic mass is 10.1. The van der Waals surface area contributed by atoms with Gasteiger partial charge in [-0.2, -0.15) is 0 Å². The molecule has 0 saturated heterocycles. The summed E-state index contributed by atoms with van der Waals surface area (Å²) in [5.41, 5.74) is 0. The zero-order chi connectivity index (χ0) is 47.7. The fraction of sp³-hybridized carbons (Fsp3) is 0.574. The number of rotatable bonds is 46. The van der Waals surface area contributed by atoms with Crippen molar-refractivity contribution in [2.45, 2.75) is 207 Å². The lowest BCUT2D eigenvalue weighted by molar-refractivity contribution is -0.162. The van der Waals surface area contributed by atoms with Crippen LogP contribution in [0.4, 0.5) is 0 Å². The molecule has 5 heteroatoms. The maximum absolute atomic E-state index is 12.8. The van der Waals surface area contributed by atoms with Crippen LogP contribution in [0.2, 0.25) is 0 Å². The molecule has 0 aliphatic heterocycles. The Bertz CT molecular complexity index is 1450. The summed E-state index contributed by atoms with van der Waals surface area (Å²) in [6.07, 6.45) is 80.4. The molecule has 0 aromatic heterocycles. The van der Waals surface area contributed by atoms with Crippen LogP contribution in [0.1, 0.15) is 201 Å². The SMILES string of the molecule is CC/C=C\C/C=C\C/C=C\C/C=C\C/C=C\C/C=C\CCC(=O)OCC(COCCCCCCCC/C=C\CCCCCCCC)OC(=O)C/C=C\C/C=C\C/C=C\C/C=C\C/C=C\CC. The summed E-state index contributed by atoms with van der Waals surface area (Å²) in [5, 5.41) is 0. The molecule has 0 aromatic carbocycles. The van der Waals surface area contributed by atoms with Gasteiger partial charge in [0.05, 0.1) is 13.0 Å². The Kier molecular flexibility index (Phi) is 51.6. The Morgan fingerprint density at radius 2 is 0.727 bits per heavy atom. The van der Waals surface area contributed by atoms with Crippen LogP contribution >= 0.6 is 0 Å². The van der Waals surface area contributed by atoms with E-state index in [-0.39, 0.29) is 38.0 Å². The van der Waals surface area contributed by atoms with E-state index in [4.69, 9.17) is 14.2 Å². The summed E-state index contributed by atoms with van der Waals surface area (Å²) in [5.74, 6) is -0.655. The standard InChI is InChI=1S/C61H96O5/c1-4-7-10-13-16-19-22-25-28-30-31-32-34-36-39-42-45-48-51-54-60(62)65-58-59(57-64-56-53-50-47-44-41-38-35-29-26-23-20-17-14-11-8-5-2)66-61(63)55-52-49-46-43-40-37-33-27-24-21-18-15-12-9-6-3/h7,9-10,12,16,18-19,21,25-29,31-33,36,39-40,43,45,48-49,52,59H,4-6,8,11,13-15,17,20,22-24,30,34-35,37-38,41-42,44,46-47,50-51,53-58H2,1-3H3/b10-7-,12-9-,19-16-,21-18-,28-25-,29-26-,32-31-,33-27-,39-36-,43-40-,48-45-,52-49-. The maximum Gasteiger partial charge on any atom is 0.310 e. The van der Waals surface area contributed by atoms with Gasteiger partial charge in [0.15, 0.2) is 6.10 Å². The molecule has 0 fully saturated rings. The third kappa shape index (κ3) is 52.4. The molecule has 0 amide bonds. The quantitative estimate of drug-likeness (QED) is 0.0346. The van der Waals surface area contributed by atoms with Gasteiger partial charge in [0.1, 0.15) is 6.61 Å². The van der Waals surface area contributed by atoms with E-state index in [1.807, 2.05) is 18.2 Å². The molecule has 0 aliphatic carbocycles. The average molecular weight is 909 g/mol. The van der Waals surface area contributed by atoms with Crippen molar-refractivity contribution in [3.05, 3.63) is 146 Å². The van der Waals surface area contributed by atoms with Gasteiger partial charge in [-0.1, -0.05) is 224 Å². The minimum absolute atomic E-state index is 0.00655. The first-order valence-electron chi connectivity index (χ1n) is 26.4. The molecule has 0 radical (unpaired) electrons. The Labute approximate surface area is 406 Å². The monoisotopic (exact) mass is 909 g/mol. The minimum Gasteiger partial charge on any atom is -0.462 e. The number of allylic oxidation sites excluding steroid dienone is 23. The summed E-state index contributed by atoms with van der Waals surface area (Å²) >= 11 is 0. The second-order valence-electron chi connectivity index (χ2n) is 16.7. The Hall–Kier alpha value is -4.22. The number of carbonyl (C=O) groups is 2. The van der Waals surface area contributed by atoms with E-state index in [2.05, 4.69) is 148 Å². The van der Waals surface area contributed by atoms with Gasteiger partial charge in [-0.15, -0.1) is 0 Å². The summed E-state index contributed by atoms with van der Waals surface area (Å²) in [7, 11) is 0. The van der Waals surface area contributed by atoms with E-state index in [1.54, 1.807) is 0 Å². The maximum atomic E-state index is 12.8. The van der Waals surface area contributed by atoms with E-state index in [9.17, 15) is 9.59 Å². The Morgan fingerprint density at radius 1 is 0.364 bits per heavy atom. The fourth-order valence-corrected chi connectivity index (χ4v) is 6.55. The van der Waals surface area contributed by atoms with Gasteiger partial charge in [0.25, 0.3) is 0 Å². The van der Waals surface area contributed by atoms with Crippen molar-refractivity contribution in [2.24, 2.45) is 0 Å². The predicted molar refractivity (Wildman–Crippen MR) is 288 cm³/mol. The van der Waals surface area contributed by atoms with Crippen LogP contribution in [-0.2, 0) is 23.8 Å². The van der Waals surface area contributed by atoms with E-state index in [0.717, 1.165) is 83.5 Å². The van der Waals surface area contributed by atoms with Crippen molar-refractivity contribution in [3.63, 3.8) is 0 Å². The first-order chi connectivity index (χ1) is 32.6. The normalized spacial score (nSPS) is 13.4. The third-order valence-electron chi connectivity index (χ3n) is 10.4. The molecule has 66 heavy (non-hydrogen) atoms. The van der Waals surface area contributed by atoms with Crippen molar-refractivity contribution in [2.75, 3.05) is 19.8 Å². The molecule has 1 atom stereocenters. The summed E-state index contributed by atoms with van der Waals surface area (Å²) in [4.78, 5) is 25.3. The first-order valence-corrected chi connectivity index (χ1v) is 26.4. The third-order valence-corrected chi connectivity index (χ3v) is 10.4. The topological polar surface area (TPSA) is 61.8 Å². The van der Waals surface area contributed by atoms with Crippen LogP contribution in [0.25, 0.3) is 0 Å². The highest BCUT2D eigenvalue weighted by Gasteiger charge is 2.17. The van der Waals surface area contributed by atoms with Crippen LogP contribution in [0.5, 0.6) is 0 Å². The highest BCUT2D eigenvalue weighted by atomic mass is 16.6. The lowest BCUT2D eigenvalue weighted by Gasteiger charge is -2.18. The minimum atomic E-state index is -0.635. The van der Waals surface area contributed by atoms with E-state index in [1.165, 1.54) is 77.0 Å². The summed E-state index contributed by atoms with van der Waals surface area (Å²) in [6.45, 7) is 7.37. The predicted octanol–water partition coefficient (Wildman–Crippen LogP) is 18.1. The number of unbranched alkanes of at least 4 members (excludes halogenated alkanes) is 12. The highest BCUT2D eigenvalue weighted by Crippen LogP contribution is 2.11. The van der Waals surface area contributed by atoms with Gasteiger partial charge in [0, 0.05) is 13.0 Å². The van der Waals surface area contributed by atoms with E-state index < -0.39 is 6.10 Å². The van der Waals surface area contributed by atoms with Crippen molar-refractivity contribution in [3.8, 4) is 0 Å². The number of esters is 2. The van der Waals surface area contributed by atoms with Gasteiger partial charge < -0.3 is 14.2 Å². The molecule has 0 aliphatic rings. The average Bonchev–Trinajstić information content (AvgIpc) is 3.32. The Morgan fingerprint density at radius 3 is 1.17 bits per heavy atom. The molecular formula is C61H96O5. The highest BCUT2D eigenvalue weighted by molar-refractivity contribution is 5.71. The number of hydrogen-bond donors (Lipinski definition) is 0. The molecule has 0 saturated carbocycles. The molecule has 0 heterocycles. The molecule has 0 rings (SSSR count). The van der Waals surface area contributed by atoms with Crippen LogP contribution in [0.15, 0.2) is 146 Å². The second-order valence-corrected chi connectivity index (χ2v) is 16.7. The largest absolute Gasteiger partial charge is 0.462 e.